The number of nitrogens with zero attached hydrogens (tertiary/aromatic N) is 3. The first-order valence-corrected chi connectivity index (χ1v) is 10.8. The van der Waals surface area contributed by atoms with E-state index < -0.39 is 0 Å². The fourth-order valence-corrected chi connectivity index (χ4v) is 6.34. The first-order chi connectivity index (χ1) is 13.6. The number of fused-ring (bicyclic) bond motifs is 1. The number of carbonyl (C=O) groups excluding carboxylic acids is 1. The van der Waals surface area contributed by atoms with Crippen molar-refractivity contribution in [3.05, 3.63) is 46.8 Å². The van der Waals surface area contributed by atoms with E-state index in [0.29, 0.717) is 23.0 Å². The number of benzene rings is 1. The van der Waals surface area contributed by atoms with Crippen LogP contribution in [0.2, 0.25) is 5.02 Å². The maximum atomic E-state index is 13.1. The standard InChI is InChI=1S/C22H23BrClN3O2/c1-21(2)19(27-11-16-13(18(27)28)7-9-17(23)26-16)22(3,4)20(21)29-12-6-8-15(25-5)14(24)10-12/h6-10,13,16,19-20H,11H2,1-4H3. The van der Waals surface area contributed by atoms with Crippen molar-refractivity contribution in [2.45, 2.75) is 45.9 Å². The second-order valence-corrected chi connectivity index (χ2v) is 10.4. The highest BCUT2D eigenvalue weighted by Crippen LogP contribution is 2.59. The topological polar surface area (TPSA) is 46.3 Å². The van der Waals surface area contributed by atoms with Crippen LogP contribution in [-0.4, -0.2) is 40.2 Å². The third kappa shape index (κ3) is 3.10. The van der Waals surface area contributed by atoms with E-state index >= 15 is 0 Å². The smallest absolute Gasteiger partial charge is 0.232 e. The normalized spacial score (nSPS) is 31.6. The summed E-state index contributed by atoms with van der Waals surface area (Å²) >= 11 is 9.60. The number of hydrogen-bond acceptors (Lipinski definition) is 3. The first kappa shape index (κ1) is 20.4. The van der Waals surface area contributed by atoms with Gasteiger partial charge < -0.3 is 9.64 Å². The Hall–Kier alpha value is -1.84. The van der Waals surface area contributed by atoms with Crippen molar-refractivity contribution in [2.75, 3.05) is 6.54 Å². The van der Waals surface area contributed by atoms with Gasteiger partial charge in [-0.25, -0.2) is 4.85 Å². The molecule has 1 aliphatic carbocycles. The van der Waals surface area contributed by atoms with Crippen molar-refractivity contribution in [3.63, 3.8) is 0 Å². The molecule has 152 valence electrons. The lowest BCUT2D eigenvalue weighted by Crippen LogP contribution is -2.75. The van der Waals surface area contributed by atoms with Gasteiger partial charge in [-0.3, -0.25) is 9.79 Å². The number of dihydropyridines is 1. The van der Waals surface area contributed by atoms with Gasteiger partial charge in [-0.1, -0.05) is 51.4 Å². The summed E-state index contributed by atoms with van der Waals surface area (Å²) in [6.07, 6.45) is 3.72. The van der Waals surface area contributed by atoms with Gasteiger partial charge >= 0.3 is 0 Å². The Bertz CT molecular complexity index is 963. The zero-order valence-electron chi connectivity index (χ0n) is 16.8. The minimum absolute atomic E-state index is 0.0339. The number of ether oxygens (including phenoxy) is 1. The van der Waals surface area contributed by atoms with Gasteiger partial charge in [0, 0.05) is 23.4 Å². The Morgan fingerprint density at radius 3 is 2.62 bits per heavy atom. The van der Waals surface area contributed by atoms with Crippen LogP contribution in [0.1, 0.15) is 27.7 Å². The molecule has 1 aromatic carbocycles. The molecule has 0 spiro atoms. The zero-order valence-corrected chi connectivity index (χ0v) is 19.2. The van der Waals surface area contributed by atoms with Crippen LogP contribution in [-0.2, 0) is 4.79 Å². The van der Waals surface area contributed by atoms with Crippen LogP contribution < -0.4 is 4.74 Å². The van der Waals surface area contributed by atoms with Gasteiger partial charge in [0.25, 0.3) is 0 Å². The second-order valence-electron chi connectivity index (χ2n) is 9.16. The molecule has 2 aliphatic heterocycles. The van der Waals surface area contributed by atoms with Crippen LogP contribution in [0.5, 0.6) is 5.75 Å². The fourth-order valence-electron chi connectivity index (χ4n) is 5.71. The molecule has 3 aliphatic rings. The third-order valence-corrected chi connectivity index (χ3v) is 7.23. The molecule has 2 atom stereocenters. The highest BCUT2D eigenvalue weighted by Gasteiger charge is 2.67. The third-order valence-electron chi connectivity index (χ3n) is 6.46. The quantitative estimate of drug-likeness (QED) is 0.558. The largest absolute Gasteiger partial charge is 0.489 e. The minimum atomic E-state index is -0.248. The van der Waals surface area contributed by atoms with E-state index in [4.69, 9.17) is 22.9 Å². The van der Waals surface area contributed by atoms with Crippen molar-refractivity contribution in [1.29, 1.82) is 0 Å². The lowest BCUT2D eigenvalue weighted by atomic mass is 9.49. The molecular weight excluding hydrogens is 454 g/mol. The Morgan fingerprint density at radius 2 is 2.00 bits per heavy atom. The Kier molecular flexibility index (Phi) is 4.83. The van der Waals surface area contributed by atoms with Gasteiger partial charge in [-0.2, -0.15) is 0 Å². The summed E-state index contributed by atoms with van der Waals surface area (Å²) < 4.78 is 7.14. The molecule has 0 bridgehead atoms. The fraction of sp³-hybridized carbons (Fsp3) is 0.500. The molecule has 7 heteroatoms. The van der Waals surface area contributed by atoms with Crippen molar-refractivity contribution in [2.24, 2.45) is 21.7 Å². The number of halogens is 2. The van der Waals surface area contributed by atoms with Gasteiger partial charge in [0.1, 0.15) is 16.5 Å². The average Bonchev–Trinajstić information content (AvgIpc) is 2.94. The molecule has 0 radical (unpaired) electrons. The molecule has 2 unspecified atom stereocenters. The average molecular weight is 477 g/mol. The molecule has 1 saturated carbocycles. The summed E-state index contributed by atoms with van der Waals surface area (Å²) in [5, 5.41) is 0.387. The van der Waals surface area contributed by atoms with Gasteiger partial charge in [-0.05, 0) is 34.1 Å². The van der Waals surface area contributed by atoms with Gasteiger partial charge in [-0.15, -0.1) is 0 Å². The minimum Gasteiger partial charge on any atom is -0.489 e. The number of carbonyl (C=O) groups is 1. The molecule has 0 N–H and O–H groups in total. The maximum Gasteiger partial charge on any atom is 0.232 e. The molecule has 4 rings (SSSR count). The highest BCUT2D eigenvalue weighted by atomic mass is 79.9. The number of hydrogen-bond donors (Lipinski definition) is 0. The lowest BCUT2D eigenvalue weighted by molar-refractivity contribution is -0.208. The molecular formula is C22H23BrClN3O2. The van der Waals surface area contributed by atoms with Crippen LogP contribution in [0.15, 0.2) is 35.3 Å². The van der Waals surface area contributed by atoms with Gasteiger partial charge in [0.2, 0.25) is 11.6 Å². The van der Waals surface area contributed by atoms with Crippen LogP contribution in [0.4, 0.5) is 5.69 Å². The molecule has 5 nitrogen and oxygen atoms in total. The molecule has 1 saturated heterocycles. The van der Waals surface area contributed by atoms with E-state index in [9.17, 15) is 4.79 Å². The Labute approximate surface area is 184 Å². The van der Waals surface area contributed by atoms with E-state index in [1.54, 1.807) is 18.2 Å². The summed E-state index contributed by atoms with van der Waals surface area (Å²) in [5.41, 5.74) is -0.0843. The van der Waals surface area contributed by atoms with Crippen molar-refractivity contribution < 1.29 is 9.53 Å². The van der Waals surface area contributed by atoms with Crippen molar-refractivity contribution in [3.8, 4) is 5.75 Å². The molecule has 2 heterocycles. The predicted molar refractivity (Wildman–Crippen MR) is 118 cm³/mol. The summed E-state index contributed by atoms with van der Waals surface area (Å²) in [6, 6.07) is 5.16. The summed E-state index contributed by atoms with van der Waals surface area (Å²) in [4.78, 5) is 23.1. The van der Waals surface area contributed by atoms with Crippen molar-refractivity contribution >= 4 is 43.7 Å². The van der Waals surface area contributed by atoms with Gasteiger partial charge in [0.15, 0.2) is 0 Å². The van der Waals surface area contributed by atoms with E-state index in [1.807, 2.05) is 17.1 Å². The maximum absolute atomic E-state index is 13.1. The number of aliphatic imine (C=N–C) groups is 1. The molecule has 29 heavy (non-hydrogen) atoms. The summed E-state index contributed by atoms with van der Waals surface area (Å²) in [5.74, 6) is 0.608. The highest BCUT2D eigenvalue weighted by molar-refractivity contribution is 9.18. The van der Waals surface area contributed by atoms with E-state index in [2.05, 4.69) is 53.5 Å². The molecule has 1 aromatic rings. The monoisotopic (exact) mass is 475 g/mol. The van der Waals surface area contributed by atoms with E-state index in [0.717, 1.165) is 4.62 Å². The second kappa shape index (κ2) is 6.85. The van der Waals surface area contributed by atoms with Crippen LogP contribution >= 0.6 is 27.5 Å². The van der Waals surface area contributed by atoms with Crippen LogP contribution in [0, 0.1) is 23.3 Å². The van der Waals surface area contributed by atoms with Crippen LogP contribution in [0.3, 0.4) is 0 Å². The Balaban J connectivity index is 1.57. The number of amides is 1. The van der Waals surface area contributed by atoms with Crippen molar-refractivity contribution in [1.82, 2.24) is 4.90 Å². The molecule has 1 amide bonds. The first-order valence-electron chi connectivity index (χ1n) is 9.63. The lowest BCUT2D eigenvalue weighted by Gasteiger charge is -2.65. The Morgan fingerprint density at radius 1 is 1.31 bits per heavy atom. The SMILES string of the molecule is [C-]#[N+]c1ccc(OC2C(C)(C)C(N3CC4N=C(Br)C=CC4C3=O)C2(C)C)cc1Cl. The predicted octanol–water partition coefficient (Wildman–Crippen LogP) is 5.26. The number of likely N-dealkylation sites (tertiary alicyclic amines) is 1. The number of rotatable bonds is 3. The summed E-state index contributed by atoms with van der Waals surface area (Å²) in [6.45, 7) is 16.3. The van der Waals surface area contributed by atoms with Gasteiger partial charge in [0.05, 0.1) is 23.6 Å². The number of allylic oxidation sites excluding steroid dienone is 1. The summed E-state index contributed by atoms with van der Waals surface area (Å²) in [7, 11) is 0. The van der Waals surface area contributed by atoms with E-state index in [1.165, 1.54) is 0 Å². The molecule has 2 fully saturated rings. The molecule has 0 aromatic heterocycles. The van der Waals surface area contributed by atoms with Crippen LogP contribution in [0.25, 0.3) is 4.85 Å². The van der Waals surface area contributed by atoms with E-state index in [-0.39, 0.29) is 40.8 Å². The zero-order chi connectivity index (χ0) is 21.1.